The Bertz CT molecular complexity index is 767. The monoisotopic (exact) mass is 297 g/mol. The molecule has 0 radical (unpaired) electrons. The van der Waals surface area contributed by atoms with Gasteiger partial charge in [-0.1, -0.05) is 12.1 Å². The van der Waals surface area contributed by atoms with Crippen molar-refractivity contribution in [1.29, 1.82) is 0 Å². The number of benzene rings is 1. The van der Waals surface area contributed by atoms with Crippen molar-refractivity contribution >= 4 is 11.9 Å². The zero-order valence-electron chi connectivity index (χ0n) is 11.9. The second-order valence-electron chi connectivity index (χ2n) is 5.58. The molecule has 1 aliphatic carbocycles. The molecule has 3 amide bonds. The van der Waals surface area contributed by atoms with Crippen molar-refractivity contribution in [3.63, 3.8) is 0 Å². The number of urea groups is 1. The van der Waals surface area contributed by atoms with E-state index in [0.29, 0.717) is 12.2 Å². The maximum atomic E-state index is 11.7. The van der Waals surface area contributed by atoms with Gasteiger partial charge in [0.25, 0.3) is 5.91 Å². The number of aryl methyl sites for hydroxylation is 1. The molecule has 0 spiro atoms. The van der Waals surface area contributed by atoms with Crippen LogP contribution in [0.1, 0.15) is 23.4 Å². The predicted molar refractivity (Wildman–Crippen MR) is 77.6 cm³/mol. The third-order valence-corrected chi connectivity index (χ3v) is 4.21. The van der Waals surface area contributed by atoms with Crippen molar-refractivity contribution in [3.8, 4) is 5.69 Å². The van der Waals surface area contributed by atoms with Crippen LogP contribution in [0.25, 0.3) is 5.69 Å². The third kappa shape index (κ3) is 2.05. The van der Waals surface area contributed by atoms with Crippen LogP contribution in [0.4, 0.5) is 4.79 Å². The molecule has 0 bridgehead atoms. The molecule has 1 atom stereocenters. The number of amides is 3. The van der Waals surface area contributed by atoms with E-state index in [0.717, 1.165) is 24.9 Å². The Morgan fingerprint density at radius 1 is 1.27 bits per heavy atom. The number of hydrogen-bond acceptors (Lipinski definition) is 4. The lowest BCUT2D eigenvalue weighted by Crippen LogP contribution is -2.32. The largest absolute Gasteiger partial charge is 0.326 e. The van der Waals surface area contributed by atoms with E-state index in [1.54, 1.807) is 4.68 Å². The topological polar surface area (TPSA) is 88.9 Å². The fourth-order valence-electron chi connectivity index (χ4n) is 3.19. The highest BCUT2D eigenvalue weighted by Crippen LogP contribution is 2.28. The van der Waals surface area contributed by atoms with E-state index >= 15 is 0 Å². The van der Waals surface area contributed by atoms with Gasteiger partial charge >= 0.3 is 6.03 Å². The van der Waals surface area contributed by atoms with E-state index in [1.807, 2.05) is 12.1 Å². The van der Waals surface area contributed by atoms with Crippen molar-refractivity contribution in [2.24, 2.45) is 0 Å². The van der Waals surface area contributed by atoms with Gasteiger partial charge in [0.2, 0.25) is 0 Å². The second kappa shape index (κ2) is 4.94. The first kappa shape index (κ1) is 13.0. The van der Waals surface area contributed by atoms with Gasteiger partial charge < -0.3 is 5.32 Å². The fraction of sp³-hybridized carbons (Fsp3) is 0.333. The predicted octanol–water partition coefficient (Wildman–Crippen LogP) is 0.506. The maximum Gasteiger partial charge on any atom is 0.322 e. The van der Waals surface area contributed by atoms with Crippen LogP contribution in [-0.4, -0.2) is 32.7 Å². The Morgan fingerprint density at radius 3 is 3.00 bits per heavy atom. The van der Waals surface area contributed by atoms with Gasteiger partial charge in [-0.2, -0.15) is 5.10 Å². The van der Waals surface area contributed by atoms with Crippen LogP contribution < -0.4 is 10.6 Å². The highest BCUT2D eigenvalue weighted by molar-refractivity contribution is 6.04. The summed E-state index contributed by atoms with van der Waals surface area (Å²) in [5.41, 5.74) is 3.67. The summed E-state index contributed by atoms with van der Waals surface area (Å²) in [4.78, 5) is 27.2. The molecule has 1 aromatic carbocycles. The first-order chi connectivity index (χ1) is 10.7. The molecule has 0 saturated carbocycles. The standard InChI is InChI=1S/C15H15N5O2/c21-14-11(18-15(22)19-14)7-13-16-8-17-20(13)12-6-2-4-9-3-1-5-10(9)12/h2,4,6,8,11H,1,3,5,7H2,(H2,18,19,21,22). The van der Waals surface area contributed by atoms with Crippen LogP contribution in [0, 0.1) is 0 Å². The number of aromatic nitrogens is 3. The second-order valence-corrected chi connectivity index (χ2v) is 5.58. The molecule has 1 aliphatic heterocycles. The molecular weight excluding hydrogens is 282 g/mol. The molecule has 1 saturated heterocycles. The van der Waals surface area contributed by atoms with E-state index in [-0.39, 0.29) is 5.91 Å². The lowest BCUT2D eigenvalue weighted by atomic mass is 10.1. The zero-order valence-corrected chi connectivity index (χ0v) is 11.9. The average molecular weight is 297 g/mol. The van der Waals surface area contributed by atoms with Crippen molar-refractivity contribution in [2.45, 2.75) is 31.7 Å². The summed E-state index contributed by atoms with van der Waals surface area (Å²) in [5.74, 6) is 0.348. The minimum absolute atomic E-state index is 0.321. The van der Waals surface area contributed by atoms with Crippen molar-refractivity contribution in [1.82, 2.24) is 25.4 Å². The molecular formula is C15H15N5O2. The highest BCUT2D eigenvalue weighted by atomic mass is 16.2. The lowest BCUT2D eigenvalue weighted by Gasteiger charge is -2.12. The Labute approximate surface area is 126 Å². The summed E-state index contributed by atoms with van der Waals surface area (Å²) in [6, 6.07) is 5.14. The molecule has 22 heavy (non-hydrogen) atoms. The summed E-state index contributed by atoms with van der Waals surface area (Å²) in [5, 5.41) is 9.14. The van der Waals surface area contributed by atoms with Crippen molar-refractivity contribution < 1.29 is 9.59 Å². The van der Waals surface area contributed by atoms with Crippen LogP contribution in [0.5, 0.6) is 0 Å². The molecule has 2 aromatic rings. The number of carbonyl (C=O) groups excluding carboxylic acids is 2. The Hall–Kier alpha value is -2.70. The van der Waals surface area contributed by atoms with E-state index < -0.39 is 12.1 Å². The summed E-state index contributed by atoms with van der Waals surface area (Å²) in [6.07, 6.45) is 5.08. The molecule has 7 heteroatoms. The number of carbonyl (C=O) groups is 2. The van der Waals surface area contributed by atoms with Gasteiger partial charge in [-0.3, -0.25) is 10.1 Å². The van der Waals surface area contributed by atoms with Crippen molar-refractivity contribution in [2.75, 3.05) is 0 Å². The van der Waals surface area contributed by atoms with Gasteiger partial charge in [-0.25, -0.2) is 14.5 Å². The smallest absolute Gasteiger partial charge is 0.322 e. The number of rotatable bonds is 3. The Kier molecular flexibility index (Phi) is 2.92. The van der Waals surface area contributed by atoms with E-state index in [2.05, 4.69) is 26.8 Å². The number of fused-ring (bicyclic) bond motifs is 1. The van der Waals surface area contributed by atoms with Gasteiger partial charge in [0.15, 0.2) is 0 Å². The van der Waals surface area contributed by atoms with Crippen LogP contribution >= 0.6 is 0 Å². The summed E-state index contributed by atoms with van der Waals surface area (Å²) >= 11 is 0. The third-order valence-electron chi connectivity index (χ3n) is 4.21. The van der Waals surface area contributed by atoms with Gasteiger partial charge in [-0.15, -0.1) is 0 Å². The maximum absolute atomic E-state index is 11.7. The van der Waals surface area contributed by atoms with Gasteiger partial charge in [0, 0.05) is 6.42 Å². The quantitative estimate of drug-likeness (QED) is 0.808. The van der Waals surface area contributed by atoms with Crippen LogP contribution in [0.3, 0.4) is 0 Å². The first-order valence-electron chi connectivity index (χ1n) is 7.34. The Balaban J connectivity index is 1.68. The van der Waals surface area contributed by atoms with Crippen LogP contribution in [-0.2, 0) is 24.1 Å². The molecule has 1 fully saturated rings. The SMILES string of the molecule is O=C1NC(=O)C(Cc2ncnn2-c2cccc3c2CCC3)N1. The lowest BCUT2D eigenvalue weighted by molar-refractivity contribution is -0.120. The molecule has 2 aliphatic rings. The normalized spacial score (nSPS) is 19.9. The first-order valence-corrected chi connectivity index (χ1v) is 7.34. The summed E-state index contributed by atoms with van der Waals surface area (Å²) < 4.78 is 1.78. The number of nitrogens with zero attached hydrogens (tertiary/aromatic N) is 3. The van der Waals surface area contributed by atoms with Crippen LogP contribution in [0.15, 0.2) is 24.5 Å². The number of hydrogen-bond donors (Lipinski definition) is 2. The van der Waals surface area contributed by atoms with Gasteiger partial charge in [0.05, 0.1) is 5.69 Å². The van der Waals surface area contributed by atoms with Crippen molar-refractivity contribution in [3.05, 3.63) is 41.5 Å². The molecule has 2 heterocycles. The van der Waals surface area contributed by atoms with E-state index in [4.69, 9.17) is 0 Å². The molecule has 112 valence electrons. The Morgan fingerprint density at radius 2 is 2.18 bits per heavy atom. The number of imide groups is 1. The number of nitrogens with one attached hydrogen (secondary N) is 2. The minimum Gasteiger partial charge on any atom is -0.326 e. The fourth-order valence-corrected chi connectivity index (χ4v) is 3.19. The van der Waals surface area contributed by atoms with E-state index in [1.165, 1.54) is 17.5 Å². The molecule has 1 aromatic heterocycles. The van der Waals surface area contributed by atoms with Crippen LogP contribution in [0.2, 0.25) is 0 Å². The summed E-state index contributed by atoms with van der Waals surface area (Å²) in [7, 11) is 0. The zero-order chi connectivity index (χ0) is 15.1. The molecule has 1 unspecified atom stereocenters. The van der Waals surface area contributed by atoms with Gasteiger partial charge in [0.1, 0.15) is 18.2 Å². The van der Waals surface area contributed by atoms with Gasteiger partial charge in [-0.05, 0) is 36.5 Å². The highest BCUT2D eigenvalue weighted by Gasteiger charge is 2.31. The molecule has 7 nitrogen and oxygen atoms in total. The minimum atomic E-state index is -0.591. The molecule has 4 rings (SSSR count). The van der Waals surface area contributed by atoms with E-state index in [9.17, 15) is 9.59 Å². The molecule has 2 N–H and O–H groups in total. The average Bonchev–Trinajstić information content (AvgIpc) is 3.20. The summed E-state index contributed by atoms with van der Waals surface area (Å²) in [6.45, 7) is 0.